The number of benzene rings is 4. The second-order valence-corrected chi connectivity index (χ2v) is 31.0. The second kappa shape index (κ2) is 32.4. The highest BCUT2D eigenvalue weighted by molar-refractivity contribution is 7.91. The van der Waals surface area contributed by atoms with Crippen LogP contribution in [0.2, 0.25) is 10.0 Å². The lowest BCUT2D eigenvalue weighted by atomic mass is 9.97. The number of nitrogens with zero attached hydrogens (tertiary/aromatic N) is 6. The number of sulfone groups is 1. The molecule has 0 saturated carbocycles. The van der Waals surface area contributed by atoms with Gasteiger partial charge in [-0.2, -0.15) is 5.26 Å². The number of nitrogens with one attached hydrogen (secondary N) is 5. The first-order valence-electron chi connectivity index (χ1n) is 33.3. The first kappa shape index (κ1) is 71.6. The summed E-state index contributed by atoms with van der Waals surface area (Å²) in [7, 11) is -7.71. The Balaban J connectivity index is 0.552. The molecular formula is C69H85Cl2N11O12S2. The van der Waals surface area contributed by atoms with Gasteiger partial charge in [-0.25, -0.2) is 31.2 Å². The topological polar surface area (TPSA) is 290 Å². The number of likely N-dealkylation sites (tertiary alicyclic amines) is 3. The molecule has 514 valence electrons. The van der Waals surface area contributed by atoms with Crippen LogP contribution in [0.3, 0.4) is 0 Å². The molecule has 0 spiro atoms. The number of Topliss-reactive ketones (excluding diaryl/α,β-unsaturated/α-hetero) is 2. The van der Waals surface area contributed by atoms with Crippen molar-refractivity contribution in [3.05, 3.63) is 122 Å². The fourth-order valence-corrected chi connectivity index (χ4v) is 17.6. The monoisotopic (exact) mass is 1390 g/mol. The van der Waals surface area contributed by atoms with Crippen molar-refractivity contribution in [2.45, 2.75) is 150 Å². The van der Waals surface area contributed by atoms with Crippen LogP contribution in [0, 0.1) is 29.7 Å². The number of unbranched alkanes of at least 4 members (excludes halogenated alkanes) is 2. The Kier molecular flexibility index (Phi) is 24.2. The smallest absolute Gasteiger partial charge is 0.315 e. The first-order chi connectivity index (χ1) is 46.0. The first-order valence-corrected chi connectivity index (χ1v) is 37.2. The van der Waals surface area contributed by atoms with Crippen molar-refractivity contribution in [3.8, 4) is 17.6 Å². The zero-order valence-corrected chi connectivity index (χ0v) is 57.4. The number of urea groups is 1. The fraction of sp³-hybridized carbons (Fsp3) is 0.536. The summed E-state index contributed by atoms with van der Waals surface area (Å²) in [6, 6.07) is 21.1. The number of rotatable bonds is 28. The maximum Gasteiger partial charge on any atom is 0.315 e. The van der Waals surface area contributed by atoms with Crippen LogP contribution in [-0.2, 0) is 56.7 Å². The number of carbonyl (C=O) groups excluding carboxylic acids is 6. The number of hydrogen-bond acceptors (Lipinski definition) is 16. The highest BCUT2D eigenvalue weighted by Gasteiger charge is 2.43. The summed E-state index contributed by atoms with van der Waals surface area (Å²) >= 11 is 12.9. The lowest BCUT2D eigenvalue weighted by molar-refractivity contribution is -0.132. The molecule has 8 atom stereocenters. The van der Waals surface area contributed by atoms with Gasteiger partial charge < -0.3 is 40.5 Å². The molecule has 6 aliphatic rings. The number of halogens is 2. The molecule has 2 aliphatic carbocycles. The average Bonchev–Trinajstić information content (AvgIpc) is 1.61. The Morgan fingerprint density at radius 3 is 2.00 bits per heavy atom. The Hall–Kier alpha value is -7.20. The predicted molar refractivity (Wildman–Crippen MR) is 361 cm³/mol. The highest BCUT2D eigenvalue weighted by atomic mass is 35.5. The standard InChI is InChI=1S/C69H85Cl2N11O12S2/c1-44-8-7-26-79(39-44)63-35-58-60(32-49(71)33-61(58)73-3)68(63)94-54-14-18-56(19-15-54)96(91,92)78-50-23-28-82(42-50)65(86)21-11-52(84)37-77-69(88)75-24-6-4-5-9-51(83)10-20-64(85)76-38-66(87)81-27-22-46(41-81)43-95(89,90)55-16-12-53(13-17-55)93-67-59-31-48(70)30-47(36-72)57(59)34-62(67)80-29-25-74-45(2)40-80/h12-19,30-33,44-46,50,62-63,67-68,74,78H,4-11,20-29,34-35,37-43H2,1-2H3,(H,76,85)(H2,75,77,88)/t44-,45+,46-,50-,62-,63-,67-,68-/m0/s1. The van der Waals surface area contributed by atoms with E-state index in [2.05, 4.69) is 60.6 Å². The number of ether oxygens (including phenoxy) is 2. The number of ketones is 2. The third-order valence-electron chi connectivity index (χ3n) is 19.2. The SMILES string of the molecule is [C-]#[N+]c1cc(Cl)cc2c1C[C@H](N1CCC[C@H](C)C1)[C@H]2Oc1ccc(S(=O)(=O)N[C@H]2CCN(C(=O)CCC(=O)CNC(=O)NCCCCCC(=O)CCC(=O)NCC(=O)N3CC[C@H](CS(=O)(=O)c4ccc(O[C@H]5c6cc(Cl)cc(C#N)c6C[C@@H]5N5CCN[C@H](C)C5)cc4)C3)C2)cc1. The molecule has 4 saturated heterocycles. The third-order valence-corrected chi connectivity index (χ3v) is 23.1. The normalized spacial score (nSPS) is 22.7. The molecule has 23 nitrogen and oxygen atoms in total. The van der Waals surface area contributed by atoms with Gasteiger partial charge in [0, 0.05) is 113 Å². The molecule has 96 heavy (non-hydrogen) atoms. The summed E-state index contributed by atoms with van der Waals surface area (Å²) in [5, 5.41) is 22.1. The summed E-state index contributed by atoms with van der Waals surface area (Å²) < 4.78 is 70.3. The van der Waals surface area contributed by atoms with E-state index >= 15 is 0 Å². The summed E-state index contributed by atoms with van der Waals surface area (Å²) in [6.45, 7) is 17.2. The number of piperidine rings is 1. The quantitative estimate of drug-likeness (QED) is 0.0273. The van der Waals surface area contributed by atoms with E-state index in [1.165, 1.54) is 29.2 Å². The van der Waals surface area contributed by atoms with Gasteiger partial charge in [0.15, 0.2) is 21.3 Å². The number of piperazine rings is 1. The Morgan fingerprint density at radius 1 is 0.667 bits per heavy atom. The molecule has 4 aromatic rings. The minimum Gasteiger partial charge on any atom is -0.484 e. The van der Waals surface area contributed by atoms with Gasteiger partial charge in [-0.15, -0.1) is 0 Å². The van der Waals surface area contributed by atoms with Crippen molar-refractivity contribution in [1.82, 2.24) is 45.6 Å². The maximum atomic E-state index is 13.6. The van der Waals surface area contributed by atoms with Crippen LogP contribution >= 0.6 is 23.2 Å². The van der Waals surface area contributed by atoms with Crippen LogP contribution in [0.25, 0.3) is 4.85 Å². The molecule has 0 aromatic heterocycles. The molecule has 4 fully saturated rings. The second-order valence-electron chi connectivity index (χ2n) is 26.4. The van der Waals surface area contributed by atoms with E-state index in [1.54, 1.807) is 41.3 Å². The van der Waals surface area contributed by atoms with Crippen LogP contribution < -0.4 is 35.5 Å². The van der Waals surface area contributed by atoms with Crippen molar-refractivity contribution in [2.24, 2.45) is 11.8 Å². The number of fused-ring (bicyclic) bond motifs is 2. The van der Waals surface area contributed by atoms with Gasteiger partial charge in [0.2, 0.25) is 27.7 Å². The fourth-order valence-electron chi connectivity index (χ4n) is 14.2. The minimum atomic E-state index is -3.97. The predicted octanol–water partition coefficient (Wildman–Crippen LogP) is 7.41. The van der Waals surface area contributed by atoms with Crippen molar-refractivity contribution in [1.29, 1.82) is 5.26 Å². The molecular weight excluding hydrogens is 1310 g/mol. The summed E-state index contributed by atoms with van der Waals surface area (Å²) in [4.78, 5) is 88.2. The zero-order valence-electron chi connectivity index (χ0n) is 54.3. The molecule has 0 unspecified atom stereocenters. The van der Waals surface area contributed by atoms with E-state index in [-0.39, 0.29) is 128 Å². The number of amides is 5. The number of carbonyl (C=O) groups is 6. The summed E-state index contributed by atoms with van der Waals surface area (Å²) in [5.74, 6) is -0.553. The molecule has 10 rings (SSSR count). The molecule has 4 heterocycles. The van der Waals surface area contributed by atoms with Crippen molar-refractivity contribution >= 4 is 84.1 Å². The molecule has 0 radical (unpaired) electrons. The van der Waals surface area contributed by atoms with E-state index in [4.69, 9.17) is 39.2 Å². The lowest BCUT2D eigenvalue weighted by Crippen LogP contribution is -2.54. The number of nitriles is 1. The van der Waals surface area contributed by atoms with E-state index in [9.17, 15) is 50.9 Å². The van der Waals surface area contributed by atoms with Gasteiger partial charge >= 0.3 is 6.03 Å². The Morgan fingerprint density at radius 2 is 1.31 bits per heavy atom. The zero-order chi connectivity index (χ0) is 68.3. The van der Waals surface area contributed by atoms with Gasteiger partial charge in [0.05, 0.1) is 58.9 Å². The third kappa shape index (κ3) is 18.5. The van der Waals surface area contributed by atoms with E-state index < -0.39 is 50.0 Å². The highest BCUT2D eigenvalue weighted by Crippen LogP contribution is 2.46. The van der Waals surface area contributed by atoms with Crippen molar-refractivity contribution in [2.75, 3.05) is 84.3 Å². The summed E-state index contributed by atoms with van der Waals surface area (Å²) in [5.41, 5.74) is 4.59. The molecule has 5 amide bonds. The van der Waals surface area contributed by atoms with Gasteiger partial charge in [0.1, 0.15) is 29.5 Å². The van der Waals surface area contributed by atoms with Crippen molar-refractivity contribution < 1.29 is 55.1 Å². The van der Waals surface area contributed by atoms with Crippen LogP contribution in [0.5, 0.6) is 11.5 Å². The number of sulfonamides is 1. The summed E-state index contributed by atoms with van der Waals surface area (Å²) in [6.07, 6.45) is 5.16. The van der Waals surface area contributed by atoms with Gasteiger partial charge in [-0.05, 0) is 172 Å². The van der Waals surface area contributed by atoms with Gasteiger partial charge in [0.25, 0.3) is 0 Å². The molecule has 0 bridgehead atoms. The van der Waals surface area contributed by atoms with Crippen LogP contribution in [-0.4, -0.2) is 180 Å². The van der Waals surface area contributed by atoms with Crippen LogP contribution in [0.15, 0.2) is 82.6 Å². The van der Waals surface area contributed by atoms with Gasteiger partial charge in [-0.1, -0.05) is 36.5 Å². The molecule has 4 aliphatic heterocycles. The Labute approximate surface area is 572 Å². The maximum absolute atomic E-state index is 13.6. The van der Waals surface area contributed by atoms with E-state index in [0.717, 1.165) is 67.8 Å². The largest absolute Gasteiger partial charge is 0.484 e. The molecule has 27 heteroatoms. The molecule has 5 N–H and O–H groups in total. The van der Waals surface area contributed by atoms with Gasteiger partial charge in [-0.3, -0.25) is 33.8 Å². The number of hydrogen-bond donors (Lipinski definition) is 5. The minimum absolute atomic E-state index is 0.00456. The van der Waals surface area contributed by atoms with Crippen LogP contribution in [0.1, 0.15) is 131 Å². The Bertz CT molecular complexity index is 3600. The average molecular weight is 1400 g/mol. The molecule has 4 aromatic carbocycles. The van der Waals surface area contributed by atoms with E-state index in [0.29, 0.717) is 96.7 Å². The van der Waals surface area contributed by atoms with Crippen LogP contribution in [0.4, 0.5) is 10.5 Å². The van der Waals surface area contributed by atoms with E-state index in [1.807, 2.05) is 12.1 Å². The van der Waals surface area contributed by atoms with Crippen molar-refractivity contribution in [3.63, 3.8) is 0 Å². The lowest BCUT2D eigenvalue weighted by Gasteiger charge is -2.38.